The summed E-state index contributed by atoms with van der Waals surface area (Å²) in [5.41, 5.74) is 7.92. The van der Waals surface area contributed by atoms with Gasteiger partial charge in [0.2, 0.25) is 0 Å². The molecule has 0 amide bonds. The maximum Gasteiger partial charge on any atom is 0.121 e. The van der Waals surface area contributed by atoms with E-state index in [1.807, 2.05) is 12.1 Å². The molecule has 2 rings (SSSR count). The van der Waals surface area contributed by atoms with Crippen molar-refractivity contribution in [1.29, 1.82) is 0 Å². The molecule has 110 valence electrons. The Morgan fingerprint density at radius 1 is 1.40 bits per heavy atom. The number of aryl methyl sites for hydroxylation is 2. The molecule has 0 aliphatic heterocycles. The van der Waals surface area contributed by atoms with Gasteiger partial charge in [0.1, 0.15) is 11.6 Å². The molecular weight excluding hydrogens is 250 g/mol. The van der Waals surface area contributed by atoms with Crippen LogP contribution < -0.4 is 10.5 Å². The molecule has 0 radical (unpaired) electrons. The Balaban J connectivity index is 2.33. The van der Waals surface area contributed by atoms with Gasteiger partial charge in [0, 0.05) is 19.0 Å². The summed E-state index contributed by atoms with van der Waals surface area (Å²) in [7, 11) is 1.69. The van der Waals surface area contributed by atoms with E-state index >= 15 is 0 Å². The average molecular weight is 275 g/mol. The van der Waals surface area contributed by atoms with Crippen LogP contribution in [0.1, 0.15) is 32.5 Å². The molecule has 0 spiro atoms. The maximum absolute atomic E-state index is 5.70. The van der Waals surface area contributed by atoms with Crippen molar-refractivity contribution in [3.05, 3.63) is 24.0 Å². The van der Waals surface area contributed by atoms with Gasteiger partial charge in [-0.05, 0) is 37.4 Å². The molecule has 0 saturated carbocycles. The minimum absolute atomic E-state index is 0.541. The molecule has 0 saturated heterocycles. The van der Waals surface area contributed by atoms with Crippen molar-refractivity contribution < 1.29 is 4.74 Å². The third-order valence-corrected chi connectivity index (χ3v) is 3.74. The summed E-state index contributed by atoms with van der Waals surface area (Å²) in [5, 5.41) is 0. The predicted octanol–water partition coefficient (Wildman–Crippen LogP) is 2.98. The molecule has 20 heavy (non-hydrogen) atoms. The van der Waals surface area contributed by atoms with E-state index in [0.717, 1.165) is 49.4 Å². The van der Waals surface area contributed by atoms with Crippen LogP contribution in [0.2, 0.25) is 0 Å². The van der Waals surface area contributed by atoms with Crippen LogP contribution >= 0.6 is 0 Å². The highest BCUT2D eigenvalue weighted by atomic mass is 16.5. The number of rotatable bonds is 7. The zero-order valence-electron chi connectivity index (χ0n) is 12.7. The summed E-state index contributed by atoms with van der Waals surface area (Å²) in [6.07, 6.45) is 3.17. The largest absolute Gasteiger partial charge is 0.497 e. The normalized spacial score (nSPS) is 12.8. The van der Waals surface area contributed by atoms with E-state index in [1.165, 1.54) is 5.52 Å². The third-order valence-electron chi connectivity index (χ3n) is 3.74. The number of ether oxygens (including phenoxy) is 1. The number of benzene rings is 1. The summed E-state index contributed by atoms with van der Waals surface area (Å²) in [6, 6.07) is 6.12. The van der Waals surface area contributed by atoms with Crippen molar-refractivity contribution in [3.8, 4) is 5.75 Å². The van der Waals surface area contributed by atoms with Crippen LogP contribution in [0.15, 0.2) is 18.2 Å². The van der Waals surface area contributed by atoms with Crippen LogP contribution in [0.25, 0.3) is 11.0 Å². The smallest absolute Gasteiger partial charge is 0.121 e. The Morgan fingerprint density at radius 2 is 2.20 bits per heavy atom. The monoisotopic (exact) mass is 275 g/mol. The molecule has 1 heterocycles. The fourth-order valence-electron chi connectivity index (χ4n) is 2.44. The molecule has 4 heteroatoms. The fraction of sp³-hybridized carbons (Fsp3) is 0.562. The van der Waals surface area contributed by atoms with Gasteiger partial charge in [-0.2, -0.15) is 0 Å². The molecule has 1 unspecified atom stereocenters. The van der Waals surface area contributed by atoms with Crippen molar-refractivity contribution >= 4 is 11.0 Å². The second kappa shape index (κ2) is 6.75. The standard InChI is InChI=1S/C16H25N3O/c1-4-9-19-15-7-6-13(20-3)10-14(15)18-16(19)8-5-12(2)11-17/h6-7,10,12H,4-5,8-9,11,17H2,1-3H3. The summed E-state index contributed by atoms with van der Waals surface area (Å²) in [4.78, 5) is 4.79. The molecule has 2 N–H and O–H groups in total. The van der Waals surface area contributed by atoms with E-state index in [2.05, 4.69) is 24.5 Å². The first-order valence-corrected chi connectivity index (χ1v) is 7.42. The molecular formula is C16H25N3O. The SMILES string of the molecule is CCCn1c(CCC(C)CN)nc2cc(OC)ccc21. The number of nitrogens with two attached hydrogens (primary N) is 1. The number of aromatic nitrogens is 2. The van der Waals surface area contributed by atoms with E-state index in [0.29, 0.717) is 5.92 Å². The van der Waals surface area contributed by atoms with Gasteiger partial charge in [0.15, 0.2) is 0 Å². The highest BCUT2D eigenvalue weighted by Gasteiger charge is 2.12. The van der Waals surface area contributed by atoms with E-state index in [9.17, 15) is 0 Å². The van der Waals surface area contributed by atoms with Gasteiger partial charge in [-0.25, -0.2) is 4.98 Å². The topological polar surface area (TPSA) is 53.1 Å². The summed E-state index contributed by atoms with van der Waals surface area (Å²) < 4.78 is 7.61. The van der Waals surface area contributed by atoms with Gasteiger partial charge in [0.25, 0.3) is 0 Å². The van der Waals surface area contributed by atoms with E-state index in [1.54, 1.807) is 7.11 Å². The Morgan fingerprint density at radius 3 is 2.85 bits per heavy atom. The quantitative estimate of drug-likeness (QED) is 0.845. The lowest BCUT2D eigenvalue weighted by Crippen LogP contribution is -2.13. The summed E-state index contributed by atoms with van der Waals surface area (Å²) in [6.45, 7) is 6.13. The predicted molar refractivity (Wildman–Crippen MR) is 83.1 cm³/mol. The van der Waals surface area contributed by atoms with Crippen LogP contribution in [0.5, 0.6) is 5.75 Å². The van der Waals surface area contributed by atoms with Crippen molar-refractivity contribution in [2.45, 2.75) is 39.7 Å². The lowest BCUT2D eigenvalue weighted by Gasteiger charge is -2.10. The van der Waals surface area contributed by atoms with Crippen molar-refractivity contribution in [1.82, 2.24) is 9.55 Å². The molecule has 0 aliphatic rings. The molecule has 1 aromatic carbocycles. The van der Waals surface area contributed by atoms with E-state index < -0.39 is 0 Å². The van der Waals surface area contributed by atoms with E-state index in [-0.39, 0.29) is 0 Å². The third kappa shape index (κ3) is 3.12. The fourth-order valence-corrected chi connectivity index (χ4v) is 2.44. The number of nitrogens with zero attached hydrogens (tertiary/aromatic N) is 2. The molecule has 4 nitrogen and oxygen atoms in total. The Kier molecular flexibility index (Phi) is 5.01. The first kappa shape index (κ1) is 14.9. The number of hydrogen-bond acceptors (Lipinski definition) is 3. The second-order valence-electron chi connectivity index (χ2n) is 5.41. The van der Waals surface area contributed by atoms with Gasteiger partial charge in [-0.1, -0.05) is 13.8 Å². The number of imidazole rings is 1. The minimum Gasteiger partial charge on any atom is -0.497 e. The van der Waals surface area contributed by atoms with Crippen LogP contribution in [-0.4, -0.2) is 23.2 Å². The van der Waals surface area contributed by atoms with Crippen LogP contribution in [-0.2, 0) is 13.0 Å². The lowest BCUT2D eigenvalue weighted by molar-refractivity contribution is 0.415. The highest BCUT2D eigenvalue weighted by Crippen LogP contribution is 2.23. The Bertz CT molecular complexity index is 562. The summed E-state index contributed by atoms with van der Waals surface area (Å²) in [5.74, 6) is 2.57. The summed E-state index contributed by atoms with van der Waals surface area (Å²) >= 11 is 0. The van der Waals surface area contributed by atoms with Gasteiger partial charge >= 0.3 is 0 Å². The van der Waals surface area contributed by atoms with Crippen molar-refractivity contribution in [3.63, 3.8) is 0 Å². The molecule has 2 aromatic rings. The second-order valence-corrected chi connectivity index (χ2v) is 5.41. The zero-order valence-corrected chi connectivity index (χ0v) is 12.7. The average Bonchev–Trinajstić information content (AvgIpc) is 2.82. The van der Waals surface area contributed by atoms with Crippen molar-refractivity contribution in [2.24, 2.45) is 11.7 Å². The number of methoxy groups -OCH3 is 1. The number of fused-ring (bicyclic) bond motifs is 1. The van der Waals surface area contributed by atoms with Gasteiger partial charge in [-0.3, -0.25) is 0 Å². The minimum atomic E-state index is 0.541. The molecule has 1 atom stereocenters. The highest BCUT2D eigenvalue weighted by molar-refractivity contribution is 5.77. The van der Waals surface area contributed by atoms with Crippen LogP contribution in [0, 0.1) is 5.92 Å². The number of hydrogen-bond donors (Lipinski definition) is 1. The van der Waals surface area contributed by atoms with E-state index in [4.69, 9.17) is 15.5 Å². The Labute approximate surface area is 120 Å². The maximum atomic E-state index is 5.70. The lowest BCUT2D eigenvalue weighted by atomic mass is 10.1. The first-order valence-electron chi connectivity index (χ1n) is 7.42. The van der Waals surface area contributed by atoms with Gasteiger partial charge < -0.3 is 15.0 Å². The Hall–Kier alpha value is -1.55. The molecule has 0 fully saturated rings. The van der Waals surface area contributed by atoms with Crippen LogP contribution in [0.4, 0.5) is 0 Å². The first-order chi connectivity index (χ1) is 9.69. The molecule has 0 bridgehead atoms. The van der Waals surface area contributed by atoms with Crippen molar-refractivity contribution in [2.75, 3.05) is 13.7 Å². The molecule has 0 aliphatic carbocycles. The molecule has 1 aromatic heterocycles. The van der Waals surface area contributed by atoms with Crippen LogP contribution in [0.3, 0.4) is 0 Å². The van der Waals surface area contributed by atoms with Gasteiger partial charge in [0.05, 0.1) is 18.1 Å². The van der Waals surface area contributed by atoms with Gasteiger partial charge in [-0.15, -0.1) is 0 Å². The zero-order chi connectivity index (χ0) is 14.5.